The molecule has 0 aliphatic carbocycles. The molecule has 5 rings (SSSR count). The highest BCUT2D eigenvalue weighted by Crippen LogP contribution is 2.52. The highest BCUT2D eigenvalue weighted by atomic mass is 16.5. The standard InChI is InChI=1S/C20H18O6/c1-22-15-7-12-14(8-16(15)23-2)25-9-17-18(12)19(21)11-3-4-13-10(5-6-24-13)20(11)26-17/h3-8,17-19,21H,9H2,1-2H3/t17-,18+,19+/m1/s1. The molecule has 6 heteroatoms. The zero-order chi connectivity index (χ0) is 17.8. The van der Waals surface area contributed by atoms with Gasteiger partial charge in [0.2, 0.25) is 0 Å². The molecular weight excluding hydrogens is 336 g/mol. The van der Waals surface area contributed by atoms with Gasteiger partial charge in [-0.3, -0.25) is 0 Å². The smallest absolute Gasteiger partial charge is 0.164 e. The molecule has 2 aromatic carbocycles. The summed E-state index contributed by atoms with van der Waals surface area (Å²) in [5, 5.41) is 12.0. The number of aliphatic hydroxyl groups excluding tert-OH is 1. The first kappa shape index (κ1) is 15.4. The number of hydrogen-bond donors (Lipinski definition) is 1. The van der Waals surface area contributed by atoms with E-state index in [1.54, 1.807) is 26.5 Å². The number of fused-ring (bicyclic) bond motifs is 6. The maximum absolute atomic E-state index is 11.2. The average Bonchev–Trinajstić information content (AvgIpc) is 3.15. The lowest BCUT2D eigenvalue weighted by molar-refractivity contribution is 0.00247. The Morgan fingerprint density at radius 3 is 2.65 bits per heavy atom. The van der Waals surface area contributed by atoms with E-state index in [4.69, 9.17) is 23.4 Å². The minimum Gasteiger partial charge on any atom is -0.493 e. The van der Waals surface area contributed by atoms with Crippen LogP contribution < -0.4 is 18.9 Å². The Bertz CT molecular complexity index is 991. The van der Waals surface area contributed by atoms with E-state index in [-0.39, 0.29) is 12.0 Å². The van der Waals surface area contributed by atoms with E-state index < -0.39 is 6.10 Å². The zero-order valence-corrected chi connectivity index (χ0v) is 14.4. The topological polar surface area (TPSA) is 70.3 Å². The lowest BCUT2D eigenvalue weighted by atomic mass is 9.80. The molecule has 0 amide bonds. The number of rotatable bonds is 2. The third kappa shape index (κ3) is 2.02. The summed E-state index contributed by atoms with van der Waals surface area (Å²) in [6.45, 7) is 0.345. The van der Waals surface area contributed by atoms with Crippen molar-refractivity contribution >= 4 is 11.0 Å². The first-order chi connectivity index (χ1) is 12.7. The van der Waals surface area contributed by atoms with Crippen molar-refractivity contribution in [2.75, 3.05) is 20.8 Å². The molecule has 0 radical (unpaired) electrons. The van der Waals surface area contributed by atoms with Crippen molar-refractivity contribution in [3.8, 4) is 23.0 Å². The number of hydrogen-bond acceptors (Lipinski definition) is 6. The summed E-state index contributed by atoms with van der Waals surface area (Å²) in [5.41, 5.74) is 2.34. The van der Waals surface area contributed by atoms with Crippen LogP contribution in [0.15, 0.2) is 41.0 Å². The maximum Gasteiger partial charge on any atom is 0.164 e. The van der Waals surface area contributed by atoms with Crippen LogP contribution in [0.4, 0.5) is 0 Å². The Labute approximate surface area is 149 Å². The summed E-state index contributed by atoms with van der Waals surface area (Å²) < 4.78 is 28.4. The molecule has 3 heterocycles. The molecule has 0 saturated heterocycles. The molecule has 0 unspecified atom stereocenters. The number of methoxy groups -OCH3 is 2. The van der Waals surface area contributed by atoms with Crippen LogP contribution >= 0.6 is 0 Å². The minimum absolute atomic E-state index is 0.254. The first-order valence-electron chi connectivity index (χ1n) is 8.45. The normalized spacial score (nSPS) is 23.3. The third-order valence-electron chi connectivity index (χ3n) is 5.22. The molecule has 0 fully saturated rings. The molecular formula is C20H18O6. The summed E-state index contributed by atoms with van der Waals surface area (Å²) in [6, 6.07) is 9.23. The first-order valence-corrected chi connectivity index (χ1v) is 8.45. The zero-order valence-electron chi connectivity index (χ0n) is 14.4. The molecule has 1 aromatic heterocycles. The number of benzene rings is 2. The van der Waals surface area contributed by atoms with E-state index in [0.717, 1.165) is 22.1 Å². The predicted molar refractivity (Wildman–Crippen MR) is 93.4 cm³/mol. The molecule has 0 bridgehead atoms. The van der Waals surface area contributed by atoms with Crippen LogP contribution in [-0.4, -0.2) is 32.0 Å². The van der Waals surface area contributed by atoms with Crippen LogP contribution in [0.2, 0.25) is 0 Å². The molecule has 3 aromatic rings. The second kappa shape index (κ2) is 5.57. The summed E-state index contributed by atoms with van der Waals surface area (Å²) in [4.78, 5) is 0. The van der Waals surface area contributed by atoms with Gasteiger partial charge in [-0.2, -0.15) is 0 Å². The van der Waals surface area contributed by atoms with Gasteiger partial charge in [-0.1, -0.05) is 0 Å². The molecule has 0 spiro atoms. The highest BCUT2D eigenvalue weighted by molar-refractivity contribution is 5.86. The number of ether oxygens (including phenoxy) is 4. The van der Waals surface area contributed by atoms with Crippen molar-refractivity contribution in [3.63, 3.8) is 0 Å². The monoisotopic (exact) mass is 354 g/mol. The van der Waals surface area contributed by atoms with E-state index in [1.807, 2.05) is 24.3 Å². The molecule has 3 atom stereocenters. The summed E-state index contributed by atoms with van der Waals surface area (Å²) in [7, 11) is 3.17. The van der Waals surface area contributed by atoms with Gasteiger partial charge in [0.05, 0.1) is 37.9 Å². The van der Waals surface area contributed by atoms with E-state index >= 15 is 0 Å². The van der Waals surface area contributed by atoms with Gasteiger partial charge in [-0.25, -0.2) is 0 Å². The SMILES string of the molecule is COc1cc2c(cc1OC)[C@H]1[C@@H](CO2)Oc2c(ccc3occc23)[C@@H]1O. The Morgan fingerprint density at radius 2 is 1.85 bits per heavy atom. The second-order valence-electron chi connectivity index (χ2n) is 6.50. The van der Waals surface area contributed by atoms with Gasteiger partial charge in [0.15, 0.2) is 11.5 Å². The van der Waals surface area contributed by atoms with E-state index in [0.29, 0.717) is 29.6 Å². The van der Waals surface area contributed by atoms with Crippen molar-refractivity contribution in [1.29, 1.82) is 0 Å². The Morgan fingerprint density at radius 1 is 1.04 bits per heavy atom. The molecule has 1 N–H and O–H groups in total. The van der Waals surface area contributed by atoms with Gasteiger partial charge >= 0.3 is 0 Å². The van der Waals surface area contributed by atoms with Crippen LogP contribution in [0.1, 0.15) is 23.1 Å². The molecule has 2 aliphatic rings. The van der Waals surface area contributed by atoms with Gasteiger partial charge in [0.25, 0.3) is 0 Å². The third-order valence-corrected chi connectivity index (χ3v) is 5.22. The molecule has 0 saturated carbocycles. The van der Waals surface area contributed by atoms with Gasteiger partial charge in [-0.05, 0) is 24.3 Å². The van der Waals surface area contributed by atoms with E-state index in [1.165, 1.54) is 0 Å². The summed E-state index contributed by atoms with van der Waals surface area (Å²) in [6.07, 6.45) is 0.601. The maximum atomic E-state index is 11.2. The van der Waals surface area contributed by atoms with Crippen LogP contribution in [-0.2, 0) is 0 Å². The highest BCUT2D eigenvalue weighted by Gasteiger charge is 2.44. The van der Waals surface area contributed by atoms with Gasteiger partial charge in [0.1, 0.15) is 29.8 Å². The fraction of sp³-hybridized carbons (Fsp3) is 0.300. The van der Waals surface area contributed by atoms with Crippen molar-refractivity contribution in [2.24, 2.45) is 0 Å². The van der Waals surface area contributed by atoms with Crippen LogP contribution in [0, 0.1) is 0 Å². The van der Waals surface area contributed by atoms with Crippen LogP contribution in [0.3, 0.4) is 0 Å². The summed E-state index contributed by atoms with van der Waals surface area (Å²) >= 11 is 0. The fourth-order valence-corrected chi connectivity index (χ4v) is 3.96. The average molecular weight is 354 g/mol. The lowest BCUT2D eigenvalue weighted by Gasteiger charge is -2.41. The van der Waals surface area contributed by atoms with Gasteiger partial charge in [0, 0.05) is 17.2 Å². The van der Waals surface area contributed by atoms with Crippen molar-refractivity contribution in [1.82, 2.24) is 0 Å². The Balaban J connectivity index is 1.66. The fourth-order valence-electron chi connectivity index (χ4n) is 3.96. The second-order valence-corrected chi connectivity index (χ2v) is 6.50. The molecule has 26 heavy (non-hydrogen) atoms. The van der Waals surface area contributed by atoms with Gasteiger partial charge in [-0.15, -0.1) is 0 Å². The van der Waals surface area contributed by atoms with Crippen molar-refractivity contribution in [3.05, 3.63) is 47.7 Å². The largest absolute Gasteiger partial charge is 0.493 e. The quantitative estimate of drug-likeness (QED) is 0.760. The van der Waals surface area contributed by atoms with Crippen LogP contribution in [0.25, 0.3) is 11.0 Å². The Kier molecular flexibility index (Phi) is 3.30. The molecule has 6 nitrogen and oxygen atoms in total. The van der Waals surface area contributed by atoms with Crippen molar-refractivity contribution < 1.29 is 28.5 Å². The Hall–Kier alpha value is -2.86. The van der Waals surface area contributed by atoms with Gasteiger partial charge < -0.3 is 28.5 Å². The minimum atomic E-state index is -0.719. The van der Waals surface area contributed by atoms with Crippen LogP contribution in [0.5, 0.6) is 23.0 Å². The number of furan rings is 1. The predicted octanol–water partition coefficient (Wildman–Crippen LogP) is 3.42. The lowest BCUT2D eigenvalue weighted by Crippen LogP contribution is -2.41. The molecule has 2 aliphatic heterocycles. The number of aliphatic hydroxyl groups is 1. The van der Waals surface area contributed by atoms with E-state index in [2.05, 4.69) is 0 Å². The summed E-state index contributed by atoms with van der Waals surface area (Å²) in [5.74, 6) is 2.28. The molecule has 134 valence electrons. The van der Waals surface area contributed by atoms with E-state index in [9.17, 15) is 5.11 Å². The van der Waals surface area contributed by atoms with Crippen molar-refractivity contribution in [2.45, 2.75) is 18.1 Å².